The van der Waals surface area contributed by atoms with Crippen molar-refractivity contribution in [3.8, 4) is 0 Å². The number of hydrogen-bond donors (Lipinski definition) is 2. The van der Waals surface area contributed by atoms with E-state index in [0.717, 1.165) is 0 Å². The van der Waals surface area contributed by atoms with Crippen LogP contribution in [0.3, 0.4) is 0 Å². The number of anilines is 1. The lowest BCUT2D eigenvalue weighted by molar-refractivity contribution is 0.102. The summed E-state index contributed by atoms with van der Waals surface area (Å²) in [5, 5.41) is 14.3. The summed E-state index contributed by atoms with van der Waals surface area (Å²) in [6, 6.07) is 10.9. The molecule has 2 aromatic rings. The number of benzene rings is 2. The van der Waals surface area contributed by atoms with E-state index in [4.69, 9.17) is 16.8 Å². The lowest BCUT2D eigenvalue weighted by atomic mass is 10.1. The molecule has 21 heavy (non-hydrogen) atoms. The number of rotatable bonds is 3. The molecule has 0 radical (unpaired) electrons. The Hall–Kier alpha value is -2.40. The first-order valence-corrected chi connectivity index (χ1v) is 6.45. The summed E-state index contributed by atoms with van der Waals surface area (Å²) in [5.41, 5.74) is 1.36. The second-order valence-electron chi connectivity index (χ2n) is 4.32. The van der Waals surface area contributed by atoms with Gasteiger partial charge in [0.05, 0.1) is 16.3 Å². The van der Waals surface area contributed by atoms with Gasteiger partial charge in [0, 0.05) is 11.3 Å². The number of carbonyl (C=O) groups excluding carboxylic acids is 1. The first kappa shape index (κ1) is 15.0. The predicted molar refractivity (Wildman–Crippen MR) is 79.8 cm³/mol. The van der Waals surface area contributed by atoms with Crippen LogP contribution >= 0.6 is 11.6 Å². The summed E-state index contributed by atoms with van der Waals surface area (Å²) in [6.45, 7) is 1.62. The Morgan fingerprint density at radius 3 is 2.71 bits per heavy atom. The van der Waals surface area contributed by atoms with Gasteiger partial charge in [-0.25, -0.2) is 4.39 Å². The van der Waals surface area contributed by atoms with Crippen molar-refractivity contribution < 1.29 is 14.4 Å². The summed E-state index contributed by atoms with van der Waals surface area (Å²) in [7, 11) is 0. The monoisotopic (exact) mass is 306 g/mol. The summed E-state index contributed by atoms with van der Waals surface area (Å²) >= 11 is 5.65. The topological polar surface area (TPSA) is 61.7 Å². The molecule has 0 aliphatic heterocycles. The van der Waals surface area contributed by atoms with Gasteiger partial charge < -0.3 is 10.5 Å². The third kappa shape index (κ3) is 3.38. The van der Waals surface area contributed by atoms with Crippen LogP contribution in [0.2, 0.25) is 5.02 Å². The van der Waals surface area contributed by atoms with Gasteiger partial charge in [0.2, 0.25) is 0 Å². The average molecular weight is 307 g/mol. The molecular formula is C15H12ClFN2O2. The molecule has 0 unspecified atom stereocenters. The molecule has 0 spiro atoms. The average Bonchev–Trinajstić information content (AvgIpc) is 2.49. The standard InChI is InChI=1S/C15H12ClFN2O2/c1-9(19-21)10-4-2-5-11(8-10)18-15(20)12-6-3-7-13(16)14(12)17/h2-8,21H,1H3,(H,18,20)/b19-9-. The summed E-state index contributed by atoms with van der Waals surface area (Å²) in [6.07, 6.45) is 0. The lowest BCUT2D eigenvalue weighted by Gasteiger charge is -2.08. The molecule has 0 bridgehead atoms. The van der Waals surface area contributed by atoms with Crippen LogP contribution in [0.4, 0.5) is 10.1 Å². The van der Waals surface area contributed by atoms with E-state index in [-0.39, 0.29) is 10.6 Å². The van der Waals surface area contributed by atoms with Crippen molar-refractivity contribution >= 4 is 28.9 Å². The molecule has 1 amide bonds. The van der Waals surface area contributed by atoms with Crippen molar-refractivity contribution in [2.75, 3.05) is 5.32 Å². The Morgan fingerprint density at radius 1 is 1.29 bits per heavy atom. The van der Waals surface area contributed by atoms with Gasteiger partial charge in [0.1, 0.15) is 0 Å². The molecule has 0 saturated heterocycles. The number of amides is 1. The van der Waals surface area contributed by atoms with E-state index in [0.29, 0.717) is 17.0 Å². The maximum absolute atomic E-state index is 13.8. The molecule has 0 saturated carbocycles. The quantitative estimate of drug-likeness (QED) is 0.513. The van der Waals surface area contributed by atoms with E-state index in [1.165, 1.54) is 18.2 Å². The molecule has 2 aromatic carbocycles. The molecule has 0 atom stereocenters. The van der Waals surface area contributed by atoms with Gasteiger partial charge in [-0.1, -0.05) is 35.0 Å². The van der Waals surface area contributed by atoms with Crippen molar-refractivity contribution in [2.45, 2.75) is 6.92 Å². The zero-order valence-corrected chi connectivity index (χ0v) is 11.9. The molecule has 2 N–H and O–H groups in total. The van der Waals surface area contributed by atoms with E-state index < -0.39 is 11.7 Å². The van der Waals surface area contributed by atoms with Crippen LogP contribution in [0.5, 0.6) is 0 Å². The first-order valence-electron chi connectivity index (χ1n) is 6.07. The van der Waals surface area contributed by atoms with Crippen LogP contribution in [0.1, 0.15) is 22.8 Å². The molecule has 0 aliphatic rings. The third-order valence-electron chi connectivity index (χ3n) is 2.88. The van der Waals surface area contributed by atoms with Crippen LogP contribution in [0, 0.1) is 5.82 Å². The predicted octanol–water partition coefficient (Wildman–Crippen LogP) is 3.93. The lowest BCUT2D eigenvalue weighted by Crippen LogP contribution is -2.14. The smallest absolute Gasteiger partial charge is 0.258 e. The molecule has 6 heteroatoms. The Kier molecular flexibility index (Phi) is 4.55. The van der Waals surface area contributed by atoms with Gasteiger partial charge in [-0.2, -0.15) is 0 Å². The van der Waals surface area contributed by atoms with Crippen molar-refractivity contribution in [2.24, 2.45) is 5.16 Å². The zero-order chi connectivity index (χ0) is 15.4. The molecule has 4 nitrogen and oxygen atoms in total. The number of nitrogens with one attached hydrogen (secondary N) is 1. The minimum absolute atomic E-state index is 0.111. The van der Waals surface area contributed by atoms with Gasteiger partial charge in [-0.3, -0.25) is 4.79 Å². The third-order valence-corrected chi connectivity index (χ3v) is 3.18. The SMILES string of the molecule is C/C(=N/O)c1cccc(NC(=O)c2cccc(Cl)c2F)c1. The van der Waals surface area contributed by atoms with E-state index in [1.807, 2.05) is 0 Å². The van der Waals surface area contributed by atoms with Gasteiger partial charge in [0.15, 0.2) is 5.82 Å². The maximum Gasteiger partial charge on any atom is 0.258 e. The number of halogens is 2. The minimum atomic E-state index is -0.763. The fraction of sp³-hybridized carbons (Fsp3) is 0.0667. The number of nitrogens with zero attached hydrogens (tertiary/aromatic N) is 1. The Balaban J connectivity index is 2.26. The van der Waals surface area contributed by atoms with Gasteiger partial charge >= 0.3 is 0 Å². The van der Waals surface area contributed by atoms with E-state index in [9.17, 15) is 9.18 Å². The molecular weight excluding hydrogens is 295 g/mol. The molecule has 108 valence electrons. The van der Waals surface area contributed by atoms with Gasteiger partial charge in [0.25, 0.3) is 5.91 Å². The highest BCUT2D eigenvalue weighted by molar-refractivity contribution is 6.31. The minimum Gasteiger partial charge on any atom is -0.411 e. The highest BCUT2D eigenvalue weighted by Crippen LogP contribution is 2.19. The molecule has 0 aliphatic carbocycles. The largest absolute Gasteiger partial charge is 0.411 e. The van der Waals surface area contributed by atoms with Crippen molar-refractivity contribution in [3.63, 3.8) is 0 Å². The van der Waals surface area contributed by atoms with Crippen LogP contribution < -0.4 is 5.32 Å². The maximum atomic E-state index is 13.8. The van der Waals surface area contributed by atoms with Crippen LogP contribution in [0.15, 0.2) is 47.6 Å². The fourth-order valence-corrected chi connectivity index (χ4v) is 1.93. The number of oxime groups is 1. The van der Waals surface area contributed by atoms with E-state index in [1.54, 1.807) is 31.2 Å². The molecule has 0 heterocycles. The molecule has 2 rings (SSSR count). The Bertz CT molecular complexity index is 717. The summed E-state index contributed by atoms with van der Waals surface area (Å²) < 4.78 is 13.8. The van der Waals surface area contributed by atoms with Crippen LogP contribution in [0.25, 0.3) is 0 Å². The summed E-state index contributed by atoms with van der Waals surface area (Å²) in [5.74, 6) is -1.37. The first-order chi connectivity index (χ1) is 10.0. The zero-order valence-electron chi connectivity index (χ0n) is 11.1. The van der Waals surface area contributed by atoms with Crippen LogP contribution in [-0.2, 0) is 0 Å². The molecule has 0 aromatic heterocycles. The highest BCUT2D eigenvalue weighted by atomic mass is 35.5. The second-order valence-corrected chi connectivity index (χ2v) is 4.73. The van der Waals surface area contributed by atoms with Gasteiger partial charge in [-0.05, 0) is 31.2 Å². The second kappa shape index (κ2) is 6.37. The van der Waals surface area contributed by atoms with Gasteiger partial charge in [-0.15, -0.1) is 0 Å². The Labute approximate surface area is 125 Å². The van der Waals surface area contributed by atoms with Crippen molar-refractivity contribution in [3.05, 3.63) is 64.4 Å². The van der Waals surface area contributed by atoms with E-state index in [2.05, 4.69) is 10.5 Å². The normalized spacial score (nSPS) is 11.3. The number of hydrogen-bond acceptors (Lipinski definition) is 3. The fourth-order valence-electron chi connectivity index (χ4n) is 1.76. The highest BCUT2D eigenvalue weighted by Gasteiger charge is 2.14. The van der Waals surface area contributed by atoms with Crippen molar-refractivity contribution in [1.82, 2.24) is 0 Å². The molecule has 0 fully saturated rings. The number of carbonyl (C=O) groups is 1. The van der Waals surface area contributed by atoms with E-state index >= 15 is 0 Å². The Morgan fingerprint density at radius 2 is 2.00 bits per heavy atom. The van der Waals surface area contributed by atoms with Crippen molar-refractivity contribution in [1.29, 1.82) is 0 Å². The summed E-state index contributed by atoms with van der Waals surface area (Å²) in [4.78, 5) is 12.0. The van der Waals surface area contributed by atoms with Crippen LogP contribution in [-0.4, -0.2) is 16.8 Å².